The van der Waals surface area contributed by atoms with Crippen LogP contribution in [0.4, 0.5) is 5.69 Å². The van der Waals surface area contributed by atoms with E-state index >= 15 is 0 Å². The van der Waals surface area contributed by atoms with E-state index in [9.17, 15) is 15.2 Å². The molecule has 4 nitrogen and oxygen atoms in total. The average molecular weight is 383 g/mol. The normalized spacial score (nSPS) is 11.6. The Hall–Kier alpha value is -2.77. The number of hydrogen-bond acceptors (Lipinski definition) is 3. The zero-order valence-corrected chi connectivity index (χ0v) is 16.6. The maximum Gasteiger partial charge on any atom is 0.266 e. The number of halogens is 1. The van der Waals surface area contributed by atoms with Crippen LogP contribution in [0, 0.1) is 11.3 Å². The first-order valence-corrected chi connectivity index (χ1v) is 9.16. The van der Waals surface area contributed by atoms with E-state index in [4.69, 9.17) is 11.6 Å². The fourth-order valence-electron chi connectivity index (χ4n) is 2.71. The number of benzene rings is 2. The molecule has 0 aliphatic heterocycles. The molecule has 0 aliphatic carbocycles. The van der Waals surface area contributed by atoms with Crippen LogP contribution in [0.2, 0.25) is 5.02 Å². The van der Waals surface area contributed by atoms with Gasteiger partial charge in [0, 0.05) is 10.7 Å². The minimum atomic E-state index is -0.495. The van der Waals surface area contributed by atoms with Crippen molar-refractivity contribution in [3.8, 4) is 11.8 Å². The fourth-order valence-corrected chi connectivity index (χ4v) is 2.84. The molecule has 0 atom stereocenters. The summed E-state index contributed by atoms with van der Waals surface area (Å²) in [5.74, 6) is 0.0138. The molecule has 0 heterocycles. The molecular weight excluding hydrogens is 360 g/mol. The number of nitrogens with one attached hydrogen (secondary N) is 1. The molecule has 0 radical (unpaired) electrons. The van der Waals surface area contributed by atoms with Gasteiger partial charge in [0.25, 0.3) is 5.91 Å². The molecule has 2 N–H and O–H groups in total. The quantitative estimate of drug-likeness (QED) is 0.504. The van der Waals surface area contributed by atoms with Gasteiger partial charge in [-0.05, 0) is 71.0 Å². The van der Waals surface area contributed by atoms with Gasteiger partial charge >= 0.3 is 0 Å². The molecule has 140 valence electrons. The highest BCUT2D eigenvalue weighted by molar-refractivity contribution is 6.30. The Morgan fingerprint density at radius 3 is 2.07 bits per heavy atom. The van der Waals surface area contributed by atoms with E-state index in [0.717, 1.165) is 11.1 Å². The molecule has 0 fully saturated rings. The third-order valence-corrected chi connectivity index (χ3v) is 4.47. The fraction of sp³-hybridized carbons (Fsp3) is 0.273. The summed E-state index contributed by atoms with van der Waals surface area (Å²) >= 11 is 5.84. The number of aromatic hydroxyl groups is 1. The molecule has 2 rings (SSSR count). The summed E-state index contributed by atoms with van der Waals surface area (Å²) in [5, 5.41) is 23.2. The molecule has 0 aromatic heterocycles. The van der Waals surface area contributed by atoms with Gasteiger partial charge in [-0.2, -0.15) is 5.26 Å². The zero-order chi connectivity index (χ0) is 20.1. The Morgan fingerprint density at radius 2 is 1.63 bits per heavy atom. The largest absolute Gasteiger partial charge is 0.507 e. The average Bonchev–Trinajstić information content (AvgIpc) is 2.62. The van der Waals surface area contributed by atoms with Crippen LogP contribution in [0.5, 0.6) is 5.75 Å². The van der Waals surface area contributed by atoms with Crippen molar-refractivity contribution in [2.75, 3.05) is 5.32 Å². The summed E-state index contributed by atoms with van der Waals surface area (Å²) in [6.45, 7) is 7.96. The third kappa shape index (κ3) is 5.12. The van der Waals surface area contributed by atoms with Crippen LogP contribution in [0.25, 0.3) is 6.08 Å². The van der Waals surface area contributed by atoms with E-state index in [1.807, 2.05) is 45.9 Å². The second-order valence-electron chi connectivity index (χ2n) is 6.99. The Bertz CT molecular complexity index is 878. The van der Waals surface area contributed by atoms with Crippen LogP contribution < -0.4 is 5.32 Å². The van der Waals surface area contributed by atoms with Gasteiger partial charge in [0.1, 0.15) is 17.4 Å². The maximum absolute atomic E-state index is 12.5. The van der Waals surface area contributed by atoms with Crippen molar-refractivity contribution in [1.29, 1.82) is 5.26 Å². The molecule has 0 aliphatic rings. The maximum atomic E-state index is 12.5. The molecule has 2 aromatic rings. The highest BCUT2D eigenvalue weighted by Gasteiger charge is 2.16. The third-order valence-electron chi connectivity index (χ3n) is 4.21. The van der Waals surface area contributed by atoms with Gasteiger partial charge in [-0.3, -0.25) is 4.79 Å². The number of rotatable bonds is 5. The van der Waals surface area contributed by atoms with Gasteiger partial charge in [-0.15, -0.1) is 0 Å². The first kappa shape index (κ1) is 20.5. The molecule has 5 heteroatoms. The second-order valence-corrected chi connectivity index (χ2v) is 7.42. The second kappa shape index (κ2) is 8.75. The molecule has 2 aromatic carbocycles. The van der Waals surface area contributed by atoms with Gasteiger partial charge in [0.05, 0.1) is 0 Å². The predicted molar refractivity (Wildman–Crippen MR) is 110 cm³/mol. The van der Waals surface area contributed by atoms with Gasteiger partial charge in [-0.1, -0.05) is 39.3 Å². The minimum absolute atomic E-state index is 0.0138. The number of hydrogen-bond donors (Lipinski definition) is 2. The van der Waals surface area contributed by atoms with Crippen LogP contribution in [0.15, 0.2) is 42.0 Å². The Balaban J connectivity index is 2.40. The number of phenols is 1. The molecule has 0 bridgehead atoms. The van der Waals surface area contributed by atoms with Gasteiger partial charge in [-0.25, -0.2) is 0 Å². The predicted octanol–water partition coefficient (Wildman–Crippen LogP) is 5.84. The van der Waals surface area contributed by atoms with Gasteiger partial charge < -0.3 is 10.4 Å². The summed E-state index contributed by atoms with van der Waals surface area (Å²) in [6.07, 6.45) is 1.54. The highest BCUT2D eigenvalue weighted by atomic mass is 35.5. The molecule has 27 heavy (non-hydrogen) atoms. The molecular formula is C22H23ClN2O2. The topological polar surface area (TPSA) is 73.1 Å². The lowest BCUT2D eigenvalue weighted by Crippen LogP contribution is -2.13. The zero-order valence-electron chi connectivity index (χ0n) is 15.9. The minimum Gasteiger partial charge on any atom is -0.507 e. The van der Waals surface area contributed by atoms with Gasteiger partial charge in [0.2, 0.25) is 0 Å². The number of nitrogens with zero attached hydrogens (tertiary/aromatic N) is 1. The lowest BCUT2D eigenvalue weighted by molar-refractivity contribution is -0.112. The van der Waals surface area contributed by atoms with Crippen molar-refractivity contribution in [1.82, 2.24) is 0 Å². The number of carbonyl (C=O) groups is 1. The first-order valence-electron chi connectivity index (χ1n) is 8.78. The Labute approximate surface area is 165 Å². The number of anilines is 1. The van der Waals surface area contributed by atoms with Crippen molar-refractivity contribution in [2.24, 2.45) is 0 Å². The van der Waals surface area contributed by atoms with Crippen molar-refractivity contribution >= 4 is 29.3 Å². The molecule has 1 amide bonds. The highest BCUT2D eigenvalue weighted by Crippen LogP contribution is 2.35. The number of carbonyl (C=O) groups excluding carboxylic acids is 1. The van der Waals surface area contributed by atoms with E-state index in [1.165, 1.54) is 0 Å². The SMILES string of the molecule is CC(C)c1cc(/C=C(\C#N)C(=O)Nc2ccc(Cl)cc2)cc(C(C)C)c1O. The summed E-state index contributed by atoms with van der Waals surface area (Å²) < 4.78 is 0. The number of amides is 1. The Kier molecular flexibility index (Phi) is 6.65. The van der Waals surface area contributed by atoms with Crippen LogP contribution in [0.3, 0.4) is 0 Å². The first-order chi connectivity index (χ1) is 12.7. The Morgan fingerprint density at radius 1 is 1.11 bits per heavy atom. The van der Waals surface area contributed by atoms with E-state index in [0.29, 0.717) is 16.3 Å². The van der Waals surface area contributed by atoms with E-state index in [2.05, 4.69) is 5.32 Å². The lowest BCUT2D eigenvalue weighted by atomic mass is 9.91. The standard InChI is InChI=1S/C22H23ClN2O2/c1-13(2)19-10-15(11-20(14(3)4)21(19)26)9-16(12-24)22(27)25-18-7-5-17(23)6-8-18/h5-11,13-14,26H,1-4H3,(H,25,27)/b16-9+. The van der Waals surface area contributed by atoms with Crippen LogP contribution in [0.1, 0.15) is 56.2 Å². The molecule has 0 saturated carbocycles. The smallest absolute Gasteiger partial charge is 0.266 e. The molecule has 0 unspecified atom stereocenters. The summed E-state index contributed by atoms with van der Waals surface area (Å²) in [4.78, 5) is 12.5. The summed E-state index contributed by atoms with van der Waals surface area (Å²) in [6, 6.07) is 12.3. The number of phenolic OH excluding ortho intramolecular Hbond substituents is 1. The summed E-state index contributed by atoms with van der Waals surface area (Å²) in [7, 11) is 0. The van der Waals surface area contributed by atoms with E-state index in [1.54, 1.807) is 30.3 Å². The van der Waals surface area contributed by atoms with Crippen LogP contribution in [-0.4, -0.2) is 11.0 Å². The monoisotopic (exact) mass is 382 g/mol. The lowest BCUT2D eigenvalue weighted by Gasteiger charge is -2.16. The van der Waals surface area contributed by atoms with Gasteiger partial charge in [0.15, 0.2) is 0 Å². The molecule has 0 spiro atoms. The van der Waals surface area contributed by atoms with Crippen molar-refractivity contribution in [3.63, 3.8) is 0 Å². The van der Waals surface area contributed by atoms with Crippen LogP contribution in [-0.2, 0) is 4.79 Å². The van der Waals surface area contributed by atoms with E-state index < -0.39 is 5.91 Å². The van der Waals surface area contributed by atoms with E-state index in [-0.39, 0.29) is 23.2 Å². The van der Waals surface area contributed by atoms with Crippen molar-refractivity contribution < 1.29 is 9.90 Å². The van der Waals surface area contributed by atoms with Crippen molar-refractivity contribution in [3.05, 3.63) is 63.7 Å². The summed E-state index contributed by atoms with van der Waals surface area (Å²) in [5.41, 5.74) is 2.84. The van der Waals surface area contributed by atoms with Crippen molar-refractivity contribution in [2.45, 2.75) is 39.5 Å². The molecule has 0 saturated heterocycles. The van der Waals surface area contributed by atoms with Crippen LogP contribution >= 0.6 is 11.6 Å². The number of nitriles is 1.